The predicted molar refractivity (Wildman–Crippen MR) is 112 cm³/mol. The van der Waals surface area contributed by atoms with Crippen LogP contribution in [0.3, 0.4) is 0 Å². The Bertz CT molecular complexity index is 1360. The summed E-state index contributed by atoms with van der Waals surface area (Å²) in [5.41, 5.74) is 10.1. The summed E-state index contributed by atoms with van der Waals surface area (Å²) in [6.07, 6.45) is 4.96. The first-order valence-electron chi connectivity index (χ1n) is 9.08. The highest BCUT2D eigenvalue weighted by Gasteiger charge is 2.23. The van der Waals surface area contributed by atoms with Crippen molar-refractivity contribution in [3.8, 4) is 5.69 Å². The lowest BCUT2D eigenvalue weighted by Crippen LogP contribution is -2.11. The van der Waals surface area contributed by atoms with E-state index in [1.165, 1.54) is 6.33 Å². The van der Waals surface area contributed by atoms with Gasteiger partial charge in [-0.25, -0.2) is 19.3 Å². The molecule has 0 aliphatic rings. The summed E-state index contributed by atoms with van der Waals surface area (Å²) in [5.74, 6) is 0.416. The van der Waals surface area contributed by atoms with Crippen molar-refractivity contribution in [1.82, 2.24) is 34.5 Å². The van der Waals surface area contributed by atoms with Crippen LogP contribution in [0, 0.1) is 6.92 Å². The molecular formula is C20H17ClN8. The number of aryl methyl sites for hydroxylation is 1. The zero-order valence-electron chi connectivity index (χ0n) is 15.8. The fourth-order valence-corrected chi connectivity index (χ4v) is 3.83. The molecule has 1 unspecified atom stereocenters. The van der Waals surface area contributed by atoms with Gasteiger partial charge >= 0.3 is 0 Å². The molecule has 4 heterocycles. The number of hydrogen-bond donors (Lipinski definition) is 1. The molecule has 1 aromatic carbocycles. The van der Waals surface area contributed by atoms with Gasteiger partial charge in [0.25, 0.3) is 0 Å². The maximum absolute atomic E-state index is 6.31. The van der Waals surface area contributed by atoms with Gasteiger partial charge in [-0.15, -0.1) is 0 Å². The largest absolute Gasteiger partial charge is 0.383 e. The summed E-state index contributed by atoms with van der Waals surface area (Å²) in [5, 5.41) is 11.9. The molecule has 0 saturated heterocycles. The van der Waals surface area contributed by atoms with E-state index < -0.39 is 0 Å². The SMILES string of the molecule is Cc1nn(C(C)c2nn(-c3cccnc3)c3ccc(Cl)cc23)c2ncnc(N)c12. The molecule has 0 aliphatic heterocycles. The molecular weight excluding hydrogens is 388 g/mol. The molecule has 0 fully saturated rings. The third-order valence-corrected chi connectivity index (χ3v) is 5.25. The van der Waals surface area contributed by atoms with Crippen LogP contribution in [-0.4, -0.2) is 34.5 Å². The van der Waals surface area contributed by atoms with Gasteiger partial charge in [0.2, 0.25) is 0 Å². The van der Waals surface area contributed by atoms with Crippen LogP contribution in [0.5, 0.6) is 0 Å². The van der Waals surface area contributed by atoms with Crippen molar-refractivity contribution in [1.29, 1.82) is 0 Å². The summed E-state index contributed by atoms with van der Waals surface area (Å²) in [6.45, 7) is 3.93. The summed E-state index contributed by atoms with van der Waals surface area (Å²) in [6, 6.07) is 9.37. The number of nitrogens with two attached hydrogens (primary N) is 1. The first-order chi connectivity index (χ1) is 14.0. The van der Waals surface area contributed by atoms with E-state index in [0.29, 0.717) is 16.5 Å². The lowest BCUT2D eigenvalue weighted by Gasteiger charge is -2.11. The average Bonchev–Trinajstić information content (AvgIpc) is 3.27. The molecule has 9 heteroatoms. The monoisotopic (exact) mass is 404 g/mol. The molecule has 0 saturated carbocycles. The molecule has 5 aromatic rings. The number of nitrogen functional groups attached to an aromatic ring is 1. The lowest BCUT2D eigenvalue weighted by atomic mass is 10.1. The highest BCUT2D eigenvalue weighted by Crippen LogP contribution is 2.32. The Hall–Kier alpha value is -3.52. The van der Waals surface area contributed by atoms with E-state index in [1.807, 2.05) is 53.5 Å². The van der Waals surface area contributed by atoms with Crippen molar-refractivity contribution in [2.75, 3.05) is 5.73 Å². The number of benzene rings is 1. The van der Waals surface area contributed by atoms with Gasteiger partial charge in [0.05, 0.1) is 40.2 Å². The zero-order valence-corrected chi connectivity index (χ0v) is 16.5. The van der Waals surface area contributed by atoms with Crippen LogP contribution in [-0.2, 0) is 0 Å². The highest BCUT2D eigenvalue weighted by molar-refractivity contribution is 6.31. The van der Waals surface area contributed by atoms with Crippen molar-refractivity contribution < 1.29 is 0 Å². The molecule has 0 amide bonds. The fourth-order valence-electron chi connectivity index (χ4n) is 3.65. The number of nitrogens with zero attached hydrogens (tertiary/aromatic N) is 7. The van der Waals surface area contributed by atoms with Gasteiger partial charge < -0.3 is 5.73 Å². The third kappa shape index (κ3) is 2.72. The molecule has 4 aromatic heterocycles. The second kappa shape index (κ2) is 6.52. The van der Waals surface area contributed by atoms with Crippen LogP contribution in [0.1, 0.15) is 24.4 Å². The van der Waals surface area contributed by atoms with Crippen LogP contribution < -0.4 is 5.73 Å². The molecule has 2 N–H and O–H groups in total. The Kier molecular flexibility index (Phi) is 3.95. The van der Waals surface area contributed by atoms with Crippen molar-refractivity contribution in [3.63, 3.8) is 0 Å². The van der Waals surface area contributed by atoms with Crippen LogP contribution in [0.15, 0.2) is 49.1 Å². The second-order valence-electron chi connectivity index (χ2n) is 6.83. The number of hydrogen-bond acceptors (Lipinski definition) is 6. The van der Waals surface area contributed by atoms with E-state index >= 15 is 0 Å². The van der Waals surface area contributed by atoms with E-state index in [4.69, 9.17) is 22.4 Å². The summed E-state index contributed by atoms with van der Waals surface area (Å²) in [4.78, 5) is 12.7. The fraction of sp³-hybridized carbons (Fsp3) is 0.150. The first kappa shape index (κ1) is 17.6. The number of anilines is 1. The first-order valence-corrected chi connectivity index (χ1v) is 9.46. The van der Waals surface area contributed by atoms with Crippen LogP contribution in [0.2, 0.25) is 5.02 Å². The normalized spacial score (nSPS) is 12.7. The van der Waals surface area contributed by atoms with Crippen molar-refractivity contribution in [2.45, 2.75) is 19.9 Å². The molecule has 5 rings (SSSR count). The van der Waals surface area contributed by atoms with Gasteiger partial charge in [-0.3, -0.25) is 4.98 Å². The maximum Gasteiger partial charge on any atom is 0.164 e. The molecule has 1 atom stereocenters. The van der Waals surface area contributed by atoms with Crippen molar-refractivity contribution >= 4 is 39.4 Å². The van der Waals surface area contributed by atoms with E-state index in [-0.39, 0.29) is 6.04 Å². The number of rotatable bonds is 3. The third-order valence-electron chi connectivity index (χ3n) is 5.02. The Balaban J connectivity index is 1.76. The topological polar surface area (TPSA) is 100 Å². The van der Waals surface area contributed by atoms with Crippen molar-refractivity contribution in [2.24, 2.45) is 0 Å². The standard InChI is InChI=1S/C20H17ClN8/c1-11-17-19(22)24-10-25-20(17)28(26-11)12(2)18-15-8-13(21)5-6-16(15)29(27-18)14-4-3-7-23-9-14/h3-10,12H,1-2H3,(H2,22,24,25). The Morgan fingerprint density at radius 1 is 1.14 bits per heavy atom. The van der Waals surface area contributed by atoms with Gasteiger partial charge in [-0.05, 0) is 44.2 Å². The molecule has 0 aliphatic carbocycles. The van der Waals surface area contributed by atoms with Gasteiger partial charge in [0, 0.05) is 16.6 Å². The quantitative estimate of drug-likeness (QED) is 0.492. The van der Waals surface area contributed by atoms with Gasteiger partial charge in [-0.2, -0.15) is 10.2 Å². The van der Waals surface area contributed by atoms with Gasteiger partial charge in [0.1, 0.15) is 12.1 Å². The molecule has 29 heavy (non-hydrogen) atoms. The van der Waals surface area contributed by atoms with Crippen LogP contribution in [0.4, 0.5) is 5.82 Å². The number of halogens is 1. The minimum Gasteiger partial charge on any atom is -0.383 e. The number of fused-ring (bicyclic) bond motifs is 2. The molecule has 0 radical (unpaired) electrons. The summed E-state index contributed by atoms with van der Waals surface area (Å²) in [7, 11) is 0. The Labute approximate surface area is 171 Å². The zero-order chi connectivity index (χ0) is 20.1. The van der Waals surface area contributed by atoms with E-state index in [0.717, 1.165) is 33.4 Å². The van der Waals surface area contributed by atoms with Crippen LogP contribution in [0.25, 0.3) is 27.6 Å². The minimum atomic E-state index is -0.209. The molecule has 8 nitrogen and oxygen atoms in total. The van der Waals surface area contributed by atoms with Gasteiger partial charge in [-0.1, -0.05) is 11.6 Å². The predicted octanol–water partition coefficient (Wildman–Crippen LogP) is 3.71. The lowest BCUT2D eigenvalue weighted by molar-refractivity contribution is 0.559. The number of aromatic nitrogens is 7. The minimum absolute atomic E-state index is 0.209. The second-order valence-corrected chi connectivity index (χ2v) is 7.27. The summed E-state index contributed by atoms with van der Waals surface area (Å²) >= 11 is 6.31. The average molecular weight is 405 g/mol. The molecule has 144 valence electrons. The van der Waals surface area contributed by atoms with Crippen LogP contribution >= 0.6 is 11.6 Å². The van der Waals surface area contributed by atoms with E-state index in [9.17, 15) is 0 Å². The number of pyridine rings is 1. The highest BCUT2D eigenvalue weighted by atomic mass is 35.5. The van der Waals surface area contributed by atoms with Gasteiger partial charge in [0.15, 0.2) is 5.65 Å². The Morgan fingerprint density at radius 2 is 2.00 bits per heavy atom. The smallest absolute Gasteiger partial charge is 0.164 e. The molecule has 0 bridgehead atoms. The van der Waals surface area contributed by atoms with E-state index in [1.54, 1.807) is 12.4 Å². The Morgan fingerprint density at radius 3 is 2.79 bits per heavy atom. The van der Waals surface area contributed by atoms with Crippen molar-refractivity contribution in [3.05, 3.63) is 65.5 Å². The van der Waals surface area contributed by atoms with E-state index in [2.05, 4.69) is 20.1 Å². The summed E-state index contributed by atoms with van der Waals surface area (Å²) < 4.78 is 3.70. The molecule has 0 spiro atoms. The maximum atomic E-state index is 6.31.